The van der Waals surface area contributed by atoms with Gasteiger partial charge in [-0.3, -0.25) is 19.9 Å². The van der Waals surface area contributed by atoms with Crippen molar-refractivity contribution in [3.8, 4) is 10.4 Å². The fraction of sp³-hybridized carbons (Fsp3) is 0. The third-order valence-electron chi connectivity index (χ3n) is 2.01. The Morgan fingerprint density at radius 2 is 2.19 bits per heavy atom. The van der Waals surface area contributed by atoms with Crippen molar-refractivity contribution in [3.05, 3.63) is 45.6 Å². The lowest BCUT2D eigenvalue weighted by atomic mass is 10.2. The highest BCUT2D eigenvalue weighted by Crippen LogP contribution is 2.33. The molecule has 0 aromatic carbocycles. The average Bonchev–Trinajstić information content (AvgIpc) is 2.77. The first-order chi connectivity index (χ1) is 7.72. The van der Waals surface area contributed by atoms with E-state index in [2.05, 4.69) is 4.98 Å². The number of thiophene rings is 1. The number of nitro groups is 1. The maximum atomic E-state index is 10.8. The number of hydrogen-bond donors (Lipinski definition) is 0. The smallest absolute Gasteiger partial charge is 0.296 e. The zero-order chi connectivity index (χ0) is 11.5. The largest absolute Gasteiger partial charge is 0.297 e. The van der Waals surface area contributed by atoms with E-state index in [0.29, 0.717) is 15.3 Å². The van der Waals surface area contributed by atoms with Crippen molar-refractivity contribution in [2.24, 2.45) is 0 Å². The summed E-state index contributed by atoms with van der Waals surface area (Å²) in [6, 6.07) is 4.90. The van der Waals surface area contributed by atoms with E-state index in [9.17, 15) is 14.9 Å². The Hall–Kier alpha value is -2.08. The van der Waals surface area contributed by atoms with Crippen molar-refractivity contribution in [3.63, 3.8) is 0 Å². The molecule has 0 saturated carbocycles. The predicted molar refractivity (Wildman–Crippen MR) is 59.6 cm³/mol. The van der Waals surface area contributed by atoms with Crippen LogP contribution in [-0.2, 0) is 0 Å². The van der Waals surface area contributed by atoms with Gasteiger partial charge in [0.15, 0.2) is 6.29 Å². The molecule has 0 bridgehead atoms. The molecule has 2 aromatic rings. The van der Waals surface area contributed by atoms with Gasteiger partial charge in [-0.05, 0) is 18.2 Å². The van der Waals surface area contributed by atoms with Crippen LogP contribution in [0.15, 0.2) is 30.6 Å². The number of rotatable bonds is 3. The second-order valence-electron chi connectivity index (χ2n) is 2.97. The number of aromatic nitrogens is 1. The molecule has 0 saturated heterocycles. The highest BCUT2D eigenvalue weighted by atomic mass is 32.1. The summed E-state index contributed by atoms with van der Waals surface area (Å²) in [5.41, 5.74) is 0.430. The van der Waals surface area contributed by atoms with Gasteiger partial charge in [0.1, 0.15) is 6.20 Å². The Kier molecular flexibility index (Phi) is 2.74. The molecule has 0 atom stereocenters. The monoisotopic (exact) mass is 234 g/mol. The standard InChI is InChI=1S/C10H6N2O3S/c13-6-7-1-2-10(16-7)8-3-4-11-5-9(8)12(14)15/h1-6H. The van der Waals surface area contributed by atoms with Gasteiger partial charge in [0.25, 0.3) is 5.69 Å². The summed E-state index contributed by atoms with van der Waals surface area (Å²) >= 11 is 1.22. The molecule has 2 rings (SSSR count). The van der Waals surface area contributed by atoms with Crippen molar-refractivity contribution in [1.82, 2.24) is 4.98 Å². The molecule has 0 aliphatic carbocycles. The van der Waals surface area contributed by atoms with Gasteiger partial charge in [0.2, 0.25) is 0 Å². The minimum Gasteiger partial charge on any atom is -0.297 e. The quantitative estimate of drug-likeness (QED) is 0.464. The van der Waals surface area contributed by atoms with Crippen LogP contribution in [0.4, 0.5) is 5.69 Å². The highest BCUT2D eigenvalue weighted by molar-refractivity contribution is 7.17. The summed E-state index contributed by atoms with van der Waals surface area (Å²) < 4.78 is 0. The Balaban J connectivity index is 2.54. The second kappa shape index (κ2) is 4.19. The Bertz CT molecular complexity index is 551. The molecule has 0 spiro atoms. The minimum atomic E-state index is -0.483. The van der Waals surface area contributed by atoms with Crippen molar-refractivity contribution in [2.45, 2.75) is 0 Å². The fourth-order valence-corrected chi connectivity index (χ4v) is 2.16. The van der Waals surface area contributed by atoms with Crippen LogP contribution in [0, 0.1) is 10.1 Å². The molecular weight excluding hydrogens is 228 g/mol. The molecular formula is C10H6N2O3S. The van der Waals surface area contributed by atoms with Gasteiger partial charge in [-0.1, -0.05) is 0 Å². The van der Waals surface area contributed by atoms with Crippen molar-refractivity contribution in [2.75, 3.05) is 0 Å². The molecule has 0 aliphatic rings. The molecule has 5 nitrogen and oxygen atoms in total. The first-order valence-electron chi connectivity index (χ1n) is 4.36. The Morgan fingerprint density at radius 3 is 2.81 bits per heavy atom. The number of carbonyl (C=O) groups excluding carboxylic acids is 1. The minimum absolute atomic E-state index is 0.0539. The first-order valence-corrected chi connectivity index (χ1v) is 5.18. The molecule has 6 heteroatoms. The van der Waals surface area contributed by atoms with Gasteiger partial charge >= 0.3 is 0 Å². The fourth-order valence-electron chi connectivity index (χ4n) is 1.30. The average molecular weight is 234 g/mol. The Morgan fingerprint density at radius 1 is 1.38 bits per heavy atom. The Labute approximate surface area is 94.5 Å². The lowest BCUT2D eigenvalue weighted by Gasteiger charge is -1.97. The van der Waals surface area contributed by atoms with E-state index >= 15 is 0 Å². The van der Waals surface area contributed by atoms with E-state index in [1.807, 2.05) is 0 Å². The highest BCUT2D eigenvalue weighted by Gasteiger charge is 2.16. The normalized spacial score (nSPS) is 10.0. The summed E-state index contributed by atoms with van der Waals surface area (Å²) in [5, 5.41) is 10.8. The van der Waals surface area contributed by atoms with Crippen LogP contribution in [0.3, 0.4) is 0 Å². The van der Waals surface area contributed by atoms with Gasteiger partial charge < -0.3 is 0 Å². The molecule has 2 aromatic heterocycles. The van der Waals surface area contributed by atoms with E-state index < -0.39 is 4.92 Å². The van der Waals surface area contributed by atoms with Crippen LogP contribution in [-0.4, -0.2) is 16.2 Å². The maximum absolute atomic E-state index is 10.8. The summed E-state index contributed by atoms with van der Waals surface area (Å²) in [6.07, 6.45) is 3.42. The van der Waals surface area contributed by atoms with Gasteiger partial charge in [-0.2, -0.15) is 0 Å². The first kappa shape index (κ1) is 10.4. The van der Waals surface area contributed by atoms with Gasteiger partial charge in [0, 0.05) is 11.1 Å². The summed E-state index contributed by atoms with van der Waals surface area (Å²) in [7, 11) is 0. The molecule has 0 N–H and O–H groups in total. The number of aldehydes is 1. The molecule has 0 unspecified atom stereocenters. The zero-order valence-corrected chi connectivity index (χ0v) is 8.81. The van der Waals surface area contributed by atoms with E-state index in [1.54, 1.807) is 18.2 Å². The van der Waals surface area contributed by atoms with Crippen LogP contribution < -0.4 is 0 Å². The maximum Gasteiger partial charge on any atom is 0.296 e. The van der Waals surface area contributed by atoms with Crippen molar-refractivity contribution in [1.29, 1.82) is 0 Å². The van der Waals surface area contributed by atoms with E-state index in [-0.39, 0.29) is 5.69 Å². The SMILES string of the molecule is O=Cc1ccc(-c2ccncc2[N+](=O)[O-])s1. The third-order valence-corrected chi connectivity index (χ3v) is 3.05. The van der Waals surface area contributed by atoms with Crippen LogP contribution in [0.25, 0.3) is 10.4 Å². The number of pyridine rings is 1. The van der Waals surface area contributed by atoms with Gasteiger partial charge in [-0.15, -0.1) is 11.3 Å². The molecule has 0 amide bonds. The third kappa shape index (κ3) is 1.82. The number of carbonyl (C=O) groups is 1. The van der Waals surface area contributed by atoms with Crippen molar-refractivity contribution >= 4 is 23.3 Å². The van der Waals surface area contributed by atoms with Crippen molar-refractivity contribution < 1.29 is 9.72 Å². The summed E-state index contributed by atoms with van der Waals surface area (Å²) in [6.45, 7) is 0. The van der Waals surface area contributed by atoms with E-state index in [0.717, 1.165) is 6.29 Å². The van der Waals surface area contributed by atoms with Crippen LogP contribution >= 0.6 is 11.3 Å². The van der Waals surface area contributed by atoms with E-state index in [4.69, 9.17) is 0 Å². The second-order valence-corrected chi connectivity index (χ2v) is 4.09. The predicted octanol–water partition coefficient (Wildman–Crippen LogP) is 2.53. The molecule has 80 valence electrons. The molecule has 0 fully saturated rings. The summed E-state index contributed by atoms with van der Waals surface area (Å²) in [4.78, 5) is 25.8. The zero-order valence-electron chi connectivity index (χ0n) is 7.99. The van der Waals surface area contributed by atoms with Crippen LogP contribution in [0.5, 0.6) is 0 Å². The molecule has 0 radical (unpaired) electrons. The molecule has 2 heterocycles. The van der Waals surface area contributed by atoms with Gasteiger partial charge in [-0.25, -0.2) is 0 Å². The molecule has 16 heavy (non-hydrogen) atoms. The van der Waals surface area contributed by atoms with E-state index in [1.165, 1.54) is 23.7 Å². The van der Waals surface area contributed by atoms with Crippen LogP contribution in [0.1, 0.15) is 9.67 Å². The topological polar surface area (TPSA) is 73.1 Å². The van der Waals surface area contributed by atoms with Gasteiger partial charge in [0.05, 0.1) is 15.4 Å². The molecule has 0 aliphatic heterocycles. The lowest BCUT2D eigenvalue weighted by molar-refractivity contribution is -0.384. The lowest BCUT2D eigenvalue weighted by Crippen LogP contribution is -1.91. The summed E-state index contributed by atoms with van der Waals surface area (Å²) in [5.74, 6) is 0. The number of nitrogens with zero attached hydrogens (tertiary/aromatic N) is 2. The van der Waals surface area contributed by atoms with Crippen LogP contribution in [0.2, 0.25) is 0 Å². The number of hydrogen-bond acceptors (Lipinski definition) is 5.